The van der Waals surface area contributed by atoms with Crippen molar-refractivity contribution in [2.75, 3.05) is 26.9 Å². The molecule has 0 amide bonds. The minimum absolute atomic E-state index is 0.00433. The molecule has 1 unspecified atom stereocenters. The first-order valence-corrected chi connectivity index (χ1v) is 13.1. The zero-order chi connectivity index (χ0) is 28.7. The molecule has 10 heteroatoms. The van der Waals surface area contributed by atoms with Crippen molar-refractivity contribution >= 4 is 24.1 Å². The maximum absolute atomic E-state index is 12.4. The Balaban J connectivity index is 2.91. The van der Waals surface area contributed by atoms with Crippen LogP contribution in [0.25, 0.3) is 0 Å². The lowest BCUT2D eigenvalue weighted by molar-refractivity contribution is -0.143. The number of esters is 3. The molecule has 38 heavy (non-hydrogen) atoms. The number of hydrogen-bond donors (Lipinski definition) is 1. The van der Waals surface area contributed by atoms with Crippen molar-refractivity contribution in [1.82, 2.24) is 5.32 Å². The van der Waals surface area contributed by atoms with Gasteiger partial charge in [0.1, 0.15) is 12.6 Å². The van der Waals surface area contributed by atoms with Crippen LogP contribution >= 0.6 is 0 Å². The summed E-state index contributed by atoms with van der Waals surface area (Å²) in [5.74, 6) is -0.765. The molecule has 0 radical (unpaired) electrons. The van der Waals surface area contributed by atoms with Gasteiger partial charge < -0.3 is 29.0 Å². The Bertz CT molecular complexity index is 914. The Labute approximate surface area is 225 Å². The molecule has 2 atom stereocenters. The Morgan fingerprint density at radius 2 is 1.47 bits per heavy atom. The van der Waals surface area contributed by atoms with E-state index >= 15 is 0 Å². The highest BCUT2D eigenvalue weighted by Crippen LogP contribution is 2.30. The zero-order valence-electron chi connectivity index (χ0n) is 23.7. The molecule has 1 aromatic rings. The third-order valence-electron chi connectivity index (χ3n) is 5.43. The minimum atomic E-state index is -0.770. The van der Waals surface area contributed by atoms with Gasteiger partial charge in [0.15, 0.2) is 11.5 Å². The van der Waals surface area contributed by atoms with E-state index in [4.69, 9.17) is 23.7 Å². The van der Waals surface area contributed by atoms with Gasteiger partial charge in [0.2, 0.25) is 0 Å². The van der Waals surface area contributed by atoms with E-state index in [-0.39, 0.29) is 68.3 Å². The molecule has 0 saturated carbocycles. The number of carbonyl (C=O) groups is 4. The van der Waals surface area contributed by atoms with Crippen LogP contribution in [0.5, 0.6) is 11.5 Å². The maximum atomic E-state index is 12.4. The summed E-state index contributed by atoms with van der Waals surface area (Å²) in [5, 5.41) is 3.00. The van der Waals surface area contributed by atoms with Crippen LogP contribution in [0, 0.1) is 17.8 Å². The molecule has 0 aliphatic carbocycles. The fourth-order valence-corrected chi connectivity index (χ4v) is 3.19. The van der Waals surface area contributed by atoms with Gasteiger partial charge >= 0.3 is 24.1 Å². The molecule has 0 spiro atoms. The van der Waals surface area contributed by atoms with E-state index in [9.17, 15) is 19.2 Å². The van der Waals surface area contributed by atoms with Crippen molar-refractivity contribution in [2.45, 2.75) is 73.3 Å². The predicted octanol–water partition coefficient (Wildman–Crippen LogP) is 4.46. The van der Waals surface area contributed by atoms with Crippen LogP contribution in [0.4, 0.5) is 4.79 Å². The number of ether oxygens (including phenoxy) is 5. The van der Waals surface area contributed by atoms with Crippen LogP contribution in [0.2, 0.25) is 0 Å². The molecule has 1 rings (SSSR count). The Morgan fingerprint density at radius 1 is 0.868 bits per heavy atom. The highest BCUT2D eigenvalue weighted by molar-refractivity contribution is 5.77. The molecule has 214 valence electrons. The van der Waals surface area contributed by atoms with E-state index in [0.717, 1.165) is 6.42 Å². The van der Waals surface area contributed by atoms with Crippen molar-refractivity contribution in [3.05, 3.63) is 23.8 Å². The lowest BCUT2D eigenvalue weighted by Crippen LogP contribution is -2.41. The summed E-state index contributed by atoms with van der Waals surface area (Å²) in [6.07, 6.45) is 0.700. The molecule has 0 heterocycles. The minimum Gasteiger partial charge on any atom is -0.468 e. The SMILES string of the molecule is CCC(C)COC(=O)OCCN[C@@H](Cc1ccc(OC(=O)CC(C)C)c(OC(=O)CC(C)C)c1)C(=O)OC. The maximum Gasteiger partial charge on any atom is 0.508 e. The molecule has 0 aliphatic rings. The normalized spacial score (nSPS) is 12.6. The van der Waals surface area contributed by atoms with Crippen LogP contribution in [0.1, 0.15) is 66.4 Å². The molecule has 0 aromatic heterocycles. The highest BCUT2D eigenvalue weighted by atomic mass is 16.7. The molecule has 1 aromatic carbocycles. The smallest absolute Gasteiger partial charge is 0.468 e. The average Bonchev–Trinajstić information content (AvgIpc) is 2.84. The van der Waals surface area contributed by atoms with Crippen molar-refractivity contribution in [3.8, 4) is 11.5 Å². The van der Waals surface area contributed by atoms with Gasteiger partial charge in [-0.3, -0.25) is 14.4 Å². The summed E-state index contributed by atoms with van der Waals surface area (Å²) < 4.78 is 26.0. The molecule has 1 N–H and O–H groups in total. The lowest BCUT2D eigenvalue weighted by atomic mass is 10.0. The number of methoxy groups -OCH3 is 1. The second kappa shape index (κ2) is 17.4. The third-order valence-corrected chi connectivity index (χ3v) is 5.43. The summed E-state index contributed by atoms with van der Waals surface area (Å²) in [5.41, 5.74) is 0.637. The first-order chi connectivity index (χ1) is 17.9. The van der Waals surface area contributed by atoms with E-state index in [1.807, 2.05) is 41.5 Å². The van der Waals surface area contributed by atoms with Crippen LogP contribution < -0.4 is 14.8 Å². The van der Waals surface area contributed by atoms with Gasteiger partial charge in [0, 0.05) is 19.4 Å². The van der Waals surface area contributed by atoms with Gasteiger partial charge in [-0.1, -0.05) is 54.0 Å². The second-order valence-corrected chi connectivity index (χ2v) is 10.1. The van der Waals surface area contributed by atoms with Crippen LogP contribution in [0.3, 0.4) is 0 Å². The summed E-state index contributed by atoms with van der Waals surface area (Å²) in [6.45, 7) is 12.0. The van der Waals surface area contributed by atoms with Gasteiger partial charge in [0.05, 0.1) is 13.7 Å². The molecule has 0 fully saturated rings. The highest BCUT2D eigenvalue weighted by Gasteiger charge is 2.22. The van der Waals surface area contributed by atoms with Crippen molar-refractivity contribution < 1.29 is 42.9 Å². The van der Waals surface area contributed by atoms with Crippen molar-refractivity contribution in [1.29, 1.82) is 0 Å². The van der Waals surface area contributed by atoms with Gasteiger partial charge in [-0.25, -0.2) is 4.79 Å². The molecule has 0 bridgehead atoms. The largest absolute Gasteiger partial charge is 0.508 e. The Morgan fingerprint density at radius 3 is 2.03 bits per heavy atom. The fraction of sp³-hybridized carbons (Fsp3) is 0.643. The monoisotopic (exact) mass is 537 g/mol. The standard InChI is InChI=1S/C28H43NO9/c1-8-20(6)17-36-28(33)35-12-11-29-22(27(32)34-7)15-21-9-10-23(37-25(30)13-18(2)3)24(16-21)38-26(31)14-19(4)5/h9-10,16,18-20,22,29H,8,11-15,17H2,1-7H3/t20?,22-/m0/s1. The Kier molecular flexibility index (Phi) is 15.0. The topological polar surface area (TPSA) is 126 Å². The third kappa shape index (κ3) is 13.4. The summed E-state index contributed by atoms with van der Waals surface area (Å²) >= 11 is 0. The fourth-order valence-electron chi connectivity index (χ4n) is 3.19. The predicted molar refractivity (Wildman–Crippen MR) is 141 cm³/mol. The van der Waals surface area contributed by atoms with E-state index in [0.29, 0.717) is 5.56 Å². The van der Waals surface area contributed by atoms with Gasteiger partial charge in [0.25, 0.3) is 0 Å². The quantitative estimate of drug-likeness (QED) is 0.183. The average molecular weight is 538 g/mol. The lowest BCUT2D eigenvalue weighted by Gasteiger charge is -2.18. The number of carbonyl (C=O) groups excluding carboxylic acids is 4. The van der Waals surface area contributed by atoms with Crippen LogP contribution in [-0.2, 0) is 35.0 Å². The van der Waals surface area contributed by atoms with E-state index in [1.54, 1.807) is 12.1 Å². The number of nitrogens with one attached hydrogen (secondary N) is 1. The first kappa shape index (κ1) is 32.9. The van der Waals surface area contributed by atoms with E-state index in [2.05, 4.69) is 5.32 Å². The van der Waals surface area contributed by atoms with Crippen molar-refractivity contribution in [2.24, 2.45) is 17.8 Å². The van der Waals surface area contributed by atoms with Crippen LogP contribution in [0.15, 0.2) is 18.2 Å². The second-order valence-electron chi connectivity index (χ2n) is 10.1. The number of hydrogen-bond acceptors (Lipinski definition) is 10. The molecule has 10 nitrogen and oxygen atoms in total. The zero-order valence-corrected chi connectivity index (χ0v) is 23.7. The molecule has 0 aliphatic heterocycles. The Hall–Kier alpha value is -3.14. The van der Waals surface area contributed by atoms with E-state index < -0.39 is 30.1 Å². The summed E-state index contributed by atoms with van der Waals surface area (Å²) in [6, 6.07) is 4.01. The summed E-state index contributed by atoms with van der Waals surface area (Å²) in [4.78, 5) is 48.7. The first-order valence-electron chi connectivity index (χ1n) is 13.1. The molecular formula is C28H43NO9. The van der Waals surface area contributed by atoms with Crippen LogP contribution in [-0.4, -0.2) is 57.0 Å². The van der Waals surface area contributed by atoms with Gasteiger partial charge in [-0.05, 0) is 41.9 Å². The summed E-state index contributed by atoms with van der Waals surface area (Å²) in [7, 11) is 1.27. The number of benzene rings is 1. The molecule has 0 saturated heterocycles. The van der Waals surface area contributed by atoms with E-state index in [1.165, 1.54) is 13.2 Å². The number of rotatable bonds is 16. The van der Waals surface area contributed by atoms with Crippen molar-refractivity contribution in [3.63, 3.8) is 0 Å². The van der Waals surface area contributed by atoms with Gasteiger partial charge in [-0.15, -0.1) is 0 Å². The molecular weight excluding hydrogens is 494 g/mol. The van der Waals surface area contributed by atoms with Gasteiger partial charge in [-0.2, -0.15) is 0 Å².